The van der Waals surface area contributed by atoms with Gasteiger partial charge >= 0.3 is 0 Å². The zero-order valence-corrected chi connectivity index (χ0v) is 29.7. The van der Waals surface area contributed by atoms with Crippen molar-refractivity contribution < 1.29 is 0 Å². The second-order valence-corrected chi connectivity index (χ2v) is 17.6. The average Bonchev–Trinajstić information content (AvgIpc) is 3.41. The van der Waals surface area contributed by atoms with Crippen molar-refractivity contribution in [1.29, 1.82) is 0 Å². The molecule has 4 saturated carbocycles. The molecule has 0 amide bonds. The minimum atomic E-state index is 0.0975. The van der Waals surface area contributed by atoms with Crippen molar-refractivity contribution >= 4 is 17.1 Å². The lowest BCUT2D eigenvalue weighted by molar-refractivity contribution is -0.0399. The summed E-state index contributed by atoms with van der Waals surface area (Å²) >= 11 is 0. The van der Waals surface area contributed by atoms with Crippen LogP contribution < -0.4 is 4.90 Å². The van der Waals surface area contributed by atoms with Crippen LogP contribution in [0.15, 0.2) is 115 Å². The SMILES string of the molecule is CC1(C)CCC(C)(C)c2c(N(c3ccccc3)c3ccc(-c4cccc5c4-c4ccccc4C54C5CC6CC(C5)CC4C6)cc3)cccc21. The maximum absolute atomic E-state index is 2.52. The van der Waals surface area contributed by atoms with E-state index >= 15 is 0 Å². The van der Waals surface area contributed by atoms with Crippen molar-refractivity contribution in [2.45, 2.75) is 88.9 Å². The Morgan fingerprint density at radius 2 is 1.06 bits per heavy atom. The smallest absolute Gasteiger partial charge is 0.0502 e. The highest BCUT2D eigenvalue weighted by atomic mass is 15.1. The van der Waals surface area contributed by atoms with Gasteiger partial charge < -0.3 is 4.90 Å². The molecule has 0 N–H and O–H groups in total. The molecule has 5 aromatic carbocycles. The van der Waals surface area contributed by atoms with Gasteiger partial charge in [0.1, 0.15) is 0 Å². The van der Waals surface area contributed by atoms with E-state index < -0.39 is 0 Å². The van der Waals surface area contributed by atoms with E-state index in [9.17, 15) is 0 Å². The summed E-state index contributed by atoms with van der Waals surface area (Å²) < 4.78 is 0. The van der Waals surface area contributed by atoms with Crippen LogP contribution in [-0.4, -0.2) is 0 Å². The Kier molecular flexibility index (Phi) is 6.36. The molecular weight excluding hydrogens is 591 g/mol. The maximum atomic E-state index is 2.52. The van der Waals surface area contributed by atoms with Crippen LogP contribution in [0.5, 0.6) is 0 Å². The van der Waals surface area contributed by atoms with E-state index in [1.165, 1.54) is 95.4 Å². The summed E-state index contributed by atoms with van der Waals surface area (Å²) in [5.74, 6) is 3.49. The highest BCUT2D eigenvalue weighted by Crippen LogP contribution is 2.70. The number of anilines is 3. The van der Waals surface area contributed by atoms with Crippen LogP contribution in [0.3, 0.4) is 0 Å². The summed E-state index contributed by atoms with van der Waals surface area (Å²) in [5.41, 5.74) is 16.2. The predicted molar refractivity (Wildman–Crippen MR) is 205 cm³/mol. The summed E-state index contributed by atoms with van der Waals surface area (Å²) in [6.07, 6.45) is 9.59. The third kappa shape index (κ3) is 4.17. The van der Waals surface area contributed by atoms with Gasteiger partial charge in [0.2, 0.25) is 0 Å². The fourth-order valence-electron chi connectivity index (χ4n) is 12.1. The van der Waals surface area contributed by atoms with Crippen molar-refractivity contribution in [3.8, 4) is 22.3 Å². The number of rotatable bonds is 4. The molecule has 0 heterocycles. The summed E-state index contributed by atoms with van der Waals surface area (Å²) in [7, 11) is 0. The average molecular weight is 640 g/mol. The second kappa shape index (κ2) is 10.5. The van der Waals surface area contributed by atoms with Crippen LogP contribution in [-0.2, 0) is 16.2 Å². The zero-order chi connectivity index (χ0) is 33.1. The maximum Gasteiger partial charge on any atom is 0.0502 e. The molecule has 1 nitrogen and oxygen atoms in total. The standard InChI is InChI=1S/C48H49N/c1-46(2)24-25-47(3,4)45-42(46)18-11-19-43(45)49(36-12-6-5-7-13-36)37-22-20-33(21-23-37)38-15-10-17-41-44(38)39-14-8-9-16-40(39)48(41)34-27-31-26-32(29-34)30-35(48)28-31/h5-23,31-32,34-35H,24-30H2,1-4H3. The second-order valence-electron chi connectivity index (χ2n) is 17.6. The fourth-order valence-corrected chi connectivity index (χ4v) is 12.1. The first-order chi connectivity index (χ1) is 23.8. The van der Waals surface area contributed by atoms with Gasteiger partial charge in [-0.25, -0.2) is 0 Å². The predicted octanol–water partition coefficient (Wildman–Crippen LogP) is 12.9. The van der Waals surface area contributed by atoms with Crippen LogP contribution in [0, 0.1) is 23.7 Å². The summed E-state index contributed by atoms with van der Waals surface area (Å²) in [6.45, 7) is 9.74. The number of fused-ring (bicyclic) bond motifs is 4. The monoisotopic (exact) mass is 639 g/mol. The lowest BCUT2D eigenvalue weighted by Crippen LogP contribution is -2.55. The van der Waals surface area contributed by atoms with Gasteiger partial charge in [-0.2, -0.15) is 0 Å². The Balaban J connectivity index is 1.11. The van der Waals surface area contributed by atoms with Gasteiger partial charge in [-0.15, -0.1) is 0 Å². The first kappa shape index (κ1) is 29.8. The number of nitrogens with zero attached hydrogens (tertiary/aromatic N) is 1. The van der Waals surface area contributed by atoms with E-state index in [2.05, 4.69) is 148 Å². The molecule has 246 valence electrons. The molecule has 0 radical (unpaired) electrons. The van der Waals surface area contributed by atoms with Crippen LogP contribution in [0.4, 0.5) is 17.1 Å². The Morgan fingerprint density at radius 1 is 0.490 bits per heavy atom. The Labute approximate surface area is 293 Å². The zero-order valence-electron chi connectivity index (χ0n) is 29.7. The van der Waals surface area contributed by atoms with E-state index in [0.29, 0.717) is 0 Å². The summed E-state index contributed by atoms with van der Waals surface area (Å²) in [6, 6.07) is 44.4. The third-order valence-corrected chi connectivity index (χ3v) is 14.1. The normalized spacial score (nSPS) is 27.8. The topological polar surface area (TPSA) is 3.24 Å². The van der Waals surface area contributed by atoms with E-state index in [1.54, 1.807) is 11.1 Å². The van der Waals surface area contributed by atoms with Gasteiger partial charge in [0.25, 0.3) is 0 Å². The lowest BCUT2D eigenvalue weighted by atomic mass is 9.43. The van der Waals surface area contributed by atoms with Gasteiger partial charge in [0, 0.05) is 16.8 Å². The number of hydrogen-bond acceptors (Lipinski definition) is 1. The van der Waals surface area contributed by atoms with Crippen molar-refractivity contribution in [3.63, 3.8) is 0 Å². The minimum absolute atomic E-state index is 0.0975. The van der Waals surface area contributed by atoms with Crippen molar-refractivity contribution in [2.24, 2.45) is 23.7 Å². The summed E-state index contributed by atoms with van der Waals surface area (Å²) in [4.78, 5) is 2.51. The van der Waals surface area contributed by atoms with Crippen LogP contribution in [0.1, 0.15) is 94.9 Å². The first-order valence-electron chi connectivity index (χ1n) is 19.1. The number of benzene rings is 5. The fraction of sp³-hybridized carbons (Fsp3) is 0.375. The van der Waals surface area contributed by atoms with E-state index in [4.69, 9.17) is 0 Å². The van der Waals surface area contributed by atoms with Gasteiger partial charge in [0.05, 0.1) is 5.69 Å². The van der Waals surface area contributed by atoms with E-state index in [0.717, 1.165) is 23.7 Å². The minimum Gasteiger partial charge on any atom is -0.310 e. The highest BCUT2D eigenvalue weighted by Gasteiger charge is 2.61. The van der Waals surface area contributed by atoms with Crippen molar-refractivity contribution in [2.75, 3.05) is 4.90 Å². The molecule has 49 heavy (non-hydrogen) atoms. The molecule has 11 rings (SSSR count). The molecule has 4 fully saturated rings. The Bertz CT molecular complexity index is 2050. The number of para-hydroxylation sites is 1. The van der Waals surface area contributed by atoms with Crippen molar-refractivity contribution in [1.82, 2.24) is 0 Å². The molecule has 6 aliphatic rings. The van der Waals surface area contributed by atoms with Gasteiger partial charge in [0.15, 0.2) is 0 Å². The van der Waals surface area contributed by atoms with Crippen LogP contribution in [0.2, 0.25) is 0 Å². The highest BCUT2D eigenvalue weighted by molar-refractivity contribution is 5.93. The Hall–Kier alpha value is -4.10. The Morgan fingerprint density at radius 3 is 1.80 bits per heavy atom. The third-order valence-electron chi connectivity index (χ3n) is 14.1. The molecular formula is C48H49N. The van der Waals surface area contributed by atoms with Crippen LogP contribution in [0.25, 0.3) is 22.3 Å². The molecule has 0 saturated heterocycles. The van der Waals surface area contributed by atoms with Gasteiger partial charge in [-0.1, -0.05) is 113 Å². The van der Waals surface area contributed by atoms with E-state index in [-0.39, 0.29) is 16.2 Å². The van der Waals surface area contributed by atoms with Gasteiger partial charge in [-0.05, 0) is 154 Å². The largest absolute Gasteiger partial charge is 0.310 e. The van der Waals surface area contributed by atoms with Crippen LogP contribution >= 0.6 is 0 Å². The van der Waals surface area contributed by atoms with Gasteiger partial charge in [-0.3, -0.25) is 0 Å². The molecule has 0 aliphatic heterocycles. The molecule has 1 spiro atoms. The molecule has 0 atom stereocenters. The lowest BCUT2D eigenvalue weighted by Gasteiger charge is -2.61. The molecule has 5 aromatic rings. The molecule has 1 heteroatoms. The molecule has 0 unspecified atom stereocenters. The van der Waals surface area contributed by atoms with Crippen molar-refractivity contribution in [3.05, 3.63) is 138 Å². The quantitative estimate of drug-likeness (QED) is 0.189. The molecule has 4 bridgehead atoms. The van der Waals surface area contributed by atoms with E-state index in [1.807, 2.05) is 0 Å². The first-order valence-corrected chi connectivity index (χ1v) is 19.1. The molecule has 6 aliphatic carbocycles. The number of hydrogen-bond donors (Lipinski definition) is 0. The summed E-state index contributed by atoms with van der Waals surface area (Å²) in [5, 5.41) is 0. The molecule has 0 aromatic heterocycles.